The van der Waals surface area contributed by atoms with Gasteiger partial charge in [0.05, 0.1) is 22.5 Å². The number of nitrogen functional groups attached to an aromatic ring is 1. The minimum atomic E-state index is -0.635. The number of primary amides is 1. The predicted octanol–water partition coefficient (Wildman–Crippen LogP) is 2.43. The van der Waals surface area contributed by atoms with E-state index in [1.165, 1.54) is 0 Å². The molecule has 3 heterocycles. The van der Waals surface area contributed by atoms with Gasteiger partial charge in [-0.15, -0.1) is 0 Å². The van der Waals surface area contributed by atoms with Crippen molar-refractivity contribution in [3.05, 3.63) is 53.3 Å². The first-order valence-electron chi connectivity index (χ1n) is 8.69. The molecular formula is C20H20N6O2. The zero-order chi connectivity index (χ0) is 20.2. The van der Waals surface area contributed by atoms with Gasteiger partial charge in [-0.05, 0) is 37.6 Å². The van der Waals surface area contributed by atoms with Crippen molar-refractivity contribution >= 4 is 22.6 Å². The number of phenols is 1. The van der Waals surface area contributed by atoms with Crippen molar-refractivity contribution in [3.8, 4) is 22.8 Å². The molecule has 142 valence electrons. The topological polar surface area (TPSA) is 125 Å². The summed E-state index contributed by atoms with van der Waals surface area (Å²) in [7, 11) is 1.83. The van der Waals surface area contributed by atoms with E-state index < -0.39 is 5.91 Å². The first-order chi connectivity index (χ1) is 13.3. The highest BCUT2D eigenvalue weighted by Gasteiger charge is 2.23. The van der Waals surface area contributed by atoms with Crippen LogP contribution in [-0.2, 0) is 7.05 Å². The zero-order valence-corrected chi connectivity index (χ0v) is 15.8. The third-order valence-corrected chi connectivity index (χ3v) is 4.94. The van der Waals surface area contributed by atoms with Crippen LogP contribution in [0.2, 0.25) is 0 Å². The Hall–Kier alpha value is -3.81. The third-order valence-electron chi connectivity index (χ3n) is 4.94. The summed E-state index contributed by atoms with van der Waals surface area (Å²) in [6.07, 6.45) is 3.41. The lowest BCUT2D eigenvalue weighted by atomic mass is 10.1. The molecule has 1 aromatic carbocycles. The van der Waals surface area contributed by atoms with Gasteiger partial charge in [0.15, 0.2) is 0 Å². The van der Waals surface area contributed by atoms with E-state index in [9.17, 15) is 9.90 Å². The molecule has 0 atom stereocenters. The molecule has 28 heavy (non-hydrogen) atoms. The maximum Gasteiger partial charge on any atom is 0.253 e. The molecule has 0 aliphatic carbocycles. The van der Waals surface area contributed by atoms with E-state index in [-0.39, 0.29) is 17.1 Å². The SMILES string of the molecule is Cc1ccc(O)c(C)c1-n1c(N)c(C(N)=O)c2cnc(-c3ccn(C)n3)cc21. The standard InChI is InChI=1S/C20H20N6O2/c1-10-4-5-16(27)11(2)18(10)26-15-8-14(13-6-7-25(3)24-13)23-9-12(15)17(19(26)21)20(22)28/h4-9,27H,21H2,1-3H3,(H2,22,28). The van der Waals surface area contributed by atoms with E-state index in [4.69, 9.17) is 11.5 Å². The number of nitrogens with zero attached hydrogens (tertiary/aromatic N) is 4. The molecular weight excluding hydrogens is 356 g/mol. The molecule has 0 aliphatic rings. The molecule has 8 heteroatoms. The van der Waals surface area contributed by atoms with Crippen LogP contribution < -0.4 is 11.5 Å². The van der Waals surface area contributed by atoms with Gasteiger partial charge >= 0.3 is 0 Å². The summed E-state index contributed by atoms with van der Waals surface area (Å²) in [6, 6.07) is 7.10. The second kappa shape index (κ2) is 6.12. The van der Waals surface area contributed by atoms with E-state index >= 15 is 0 Å². The van der Waals surface area contributed by atoms with Gasteiger partial charge in [0.2, 0.25) is 0 Å². The van der Waals surface area contributed by atoms with Crippen molar-refractivity contribution in [2.24, 2.45) is 12.8 Å². The number of carbonyl (C=O) groups is 1. The largest absolute Gasteiger partial charge is 0.508 e. The maximum absolute atomic E-state index is 12.1. The fraction of sp³-hybridized carbons (Fsp3) is 0.150. The van der Waals surface area contributed by atoms with Gasteiger partial charge in [-0.25, -0.2) is 0 Å². The number of amides is 1. The molecule has 1 amide bonds. The number of rotatable bonds is 3. The Morgan fingerprint density at radius 1 is 1.18 bits per heavy atom. The average molecular weight is 376 g/mol. The molecule has 0 aliphatic heterocycles. The Bertz CT molecular complexity index is 1250. The van der Waals surface area contributed by atoms with Crippen LogP contribution in [0.5, 0.6) is 5.75 Å². The quantitative estimate of drug-likeness (QED) is 0.506. The van der Waals surface area contributed by atoms with Crippen LogP contribution in [0.1, 0.15) is 21.5 Å². The minimum Gasteiger partial charge on any atom is -0.508 e. The average Bonchev–Trinajstić information content (AvgIpc) is 3.20. The number of phenolic OH excluding ortho intramolecular Hbond substituents is 1. The van der Waals surface area contributed by atoms with Gasteiger partial charge < -0.3 is 16.6 Å². The summed E-state index contributed by atoms with van der Waals surface area (Å²) in [5.41, 5.74) is 16.4. The fourth-order valence-electron chi connectivity index (χ4n) is 3.56. The Labute approximate surface area is 161 Å². The molecule has 5 N–H and O–H groups in total. The lowest BCUT2D eigenvalue weighted by Crippen LogP contribution is -2.14. The number of fused-ring (bicyclic) bond motifs is 1. The van der Waals surface area contributed by atoms with E-state index in [2.05, 4.69) is 10.1 Å². The molecule has 0 radical (unpaired) electrons. The van der Waals surface area contributed by atoms with E-state index in [1.54, 1.807) is 34.5 Å². The summed E-state index contributed by atoms with van der Waals surface area (Å²) in [4.78, 5) is 16.6. The number of carbonyl (C=O) groups excluding carboxylic acids is 1. The molecule has 4 aromatic rings. The number of benzene rings is 1. The number of hydrogen-bond donors (Lipinski definition) is 3. The number of pyridine rings is 1. The normalized spacial score (nSPS) is 11.2. The van der Waals surface area contributed by atoms with Crippen molar-refractivity contribution in [2.75, 3.05) is 5.73 Å². The number of nitrogens with two attached hydrogens (primary N) is 2. The highest BCUT2D eigenvalue weighted by atomic mass is 16.3. The zero-order valence-electron chi connectivity index (χ0n) is 15.8. The van der Waals surface area contributed by atoms with Crippen LogP contribution >= 0.6 is 0 Å². The predicted molar refractivity (Wildman–Crippen MR) is 107 cm³/mol. The first kappa shape index (κ1) is 17.6. The van der Waals surface area contributed by atoms with E-state index in [0.29, 0.717) is 33.5 Å². The highest BCUT2D eigenvalue weighted by Crippen LogP contribution is 2.37. The number of anilines is 1. The first-order valence-corrected chi connectivity index (χ1v) is 8.69. The van der Waals surface area contributed by atoms with Crippen LogP contribution in [-0.4, -0.2) is 30.3 Å². The Morgan fingerprint density at radius 3 is 2.57 bits per heavy atom. The molecule has 0 saturated carbocycles. The van der Waals surface area contributed by atoms with Crippen LogP contribution in [0.3, 0.4) is 0 Å². The Balaban J connectivity index is 2.12. The minimum absolute atomic E-state index is 0.140. The van der Waals surface area contributed by atoms with Crippen LogP contribution in [0.25, 0.3) is 28.0 Å². The monoisotopic (exact) mass is 376 g/mol. The van der Waals surface area contributed by atoms with Crippen molar-refractivity contribution in [3.63, 3.8) is 0 Å². The lowest BCUT2D eigenvalue weighted by molar-refractivity contribution is 0.100. The van der Waals surface area contributed by atoms with Crippen LogP contribution in [0, 0.1) is 13.8 Å². The summed E-state index contributed by atoms with van der Waals surface area (Å²) < 4.78 is 3.43. The van der Waals surface area contributed by atoms with Gasteiger partial charge in [0.25, 0.3) is 5.91 Å². The smallest absolute Gasteiger partial charge is 0.253 e. The molecule has 0 fully saturated rings. The molecule has 0 unspecified atom stereocenters. The molecule has 0 bridgehead atoms. The van der Waals surface area contributed by atoms with Crippen molar-refractivity contribution < 1.29 is 9.90 Å². The molecule has 3 aromatic heterocycles. The van der Waals surface area contributed by atoms with Crippen LogP contribution in [0.15, 0.2) is 36.7 Å². The van der Waals surface area contributed by atoms with Gasteiger partial charge in [0.1, 0.15) is 17.3 Å². The van der Waals surface area contributed by atoms with Gasteiger partial charge in [-0.3, -0.25) is 19.0 Å². The van der Waals surface area contributed by atoms with Crippen molar-refractivity contribution in [1.29, 1.82) is 0 Å². The highest BCUT2D eigenvalue weighted by molar-refractivity contribution is 6.12. The second-order valence-electron chi connectivity index (χ2n) is 6.80. The molecule has 0 saturated heterocycles. The van der Waals surface area contributed by atoms with Gasteiger partial charge in [-0.2, -0.15) is 5.10 Å². The molecule has 8 nitrogen and oxygen atoms in total. The third kappa shape index (κ3) is 2.50. The molecule has 4 rings (SSSR count). The van der Waals surface area contributed by atoms with Crippen molar-refractivity contribution in [2.45, 2.75) is 13.8 Å². The lowest BCUT2D eigenvalue weighted by Gasteiger charge is -2.16. The summed E-state index contributed by atoms with van der Waals surface area (Å²) in [5, 5.41) is 15.2. The number of aromatic nitrogens is 4. The Kier molecular flexibility index (Phi) is 3.85. The van der Waals surface area contributed by atoms with Crippen molar-refractivity contribution in [1.82, 2.24) is 19.3 Å². The maximum atomic E-state index is 12.1. The summed E-state index contributed by atoms with van der Waals surface area (Å²) in [6.45, 7) is 3.71. The Morgan fingerprint density at radius 2 is 1.93 bits per heavy atom. The number of hydrogen-bond acceptors (Lipinski definition) is 5. The van der Waals surface area contributed by atoms with E-state index in [1.807, 2.05) is 32.3 Å². The van der Waals surface area contributed by atoms with Gasteiger partial charge in [0, 0.05) is 30.4 Å². The van der Waals surface area contributed by atoms with Crippen LogP contribution in [0.4, 0.5) is 5.82 Å². The number of aryl methyl sites for hydroxylation is 2. The van der Waals surface area contributed by atoms with E-state index in [0.717, 1.165) is 5.56 Å². The number of aromatic hydroxyl groups is 1. The van der Waals surface area contributed by atoms with Gasteiger partial charge in [-0.1, -0.05) is 6.07 Å². The fourth-order valence-corrected chi connectivity index (χ4v) is 3.56. The molecule has 0 spiro atoms. The summed E-state index contributed by atoms with van der Waals surface area (Å²) >= 11 is 0. The summed E-state index contributed by atoms with van der Waals surface area (Å²) in [5.74, 6) is -0.287. The second-order valence-corrected chi connectivity index (χ2v) is 6.80.